The van der Waals surface area contributed by atoms with Gasteiger partial charge in [0.05, 0.1) is 11.8 Å². The Hall–Kier alpha value is -3.78. The largest absolute Gasteiger partial charge is 0.454 e. The van der Waals surface area contributed by atoms with Gasteiger partial charge >= 0.3 is 5.97 Å². The highest BCUT2D eigenvalue weighted by molar-refractivity contribution is 9.10. The molecule has 7 rings (SSSR count). The first-order valence-electron chi connectivity index (χ1n) is 12.5. The van der Waals surface area contributed by atoms with E-state index in [0.29, 0.717) is 5.69 Å². The Bertz CT molecular complexity index is 1390. The third kappa shape index (κ3) is 3.77. The van der Waals surface area contributed by atoms with Gasteiger partial charge in [-0.05, 0) is 59.4 Å². The highest BCUT2D eigenvalue weighted by Gasteiger charge is 2.61. The first-order chi connectivity index (χ1) is 18.3. The van der Waals surface area contributed by atoms with Gasteiger partial charge in [0.1, 0.15) is 6.54 Å². The summed E-state index contributed by atoms with van der Waals surface area (Å²) < 4.78 is 6.12. The summed E-state index contributed by atoms with van der Waals surface area (Å²) in [7, 11) is 0. The zero-order valence-electron chi connectivity index (χ0n) is 20.9. The van der Waals surface area contributed by atoms with E-state index < -0.39 is 36.9 Å². The van der Waals surface area contributed by atoms with E-state index in [1.54, 1.807) is 0 Å². The molecule has 192 valence electrons. The molecule has 4 aliphatic rings. The number of benzene rings is 3. The second-order valence-corrected chi connectivity index (χ2v) is 11.0. The summed E-state index contributed by atoms with van der Waals surface area (Å²) in [6.07, 6.45) is 0. The third-order valence-corrected chi connectivity index (χ3v) is 9.16. The number of aryl methyl sites for hydroxylation is 2. The van der Waals surface area contributed by atoms with Crippen molar-refractivity contribution >= 4 is 45.3 Å². The molecule has 3 amide bonds. The van der Waals surface area contributed by atoms with Crippen LogP contribution in [0.2, 0.25) is 0 Å². The lowest BCUT2D eigenvalue weighted by molar-refractivity contribution is -0.154. The van der Waals surface area contributed by atoms with Gasteiger partial charge in [0.15, 0.2) is 6.61 Å². The van der Waals surface area contributed by atoms with Crippen LogP contribution in [0.3, 0.4) is 0 Å². The van der Waals surface area contributed by atoms with Gasteiger partial charge in [-0.2, -0.15) is 0 Å². The average molecular weight is 573 g/mol. The topological polar surface area (TPSA) is 92.8 Å². The molecule has 7 nitrogen and oxygen atoms in total. The van der Waals surface area contributed by atoms with Gasteiger partial charge in [-0.15, -0.1) is 0 Å². The number of nitrogens with zero attached hydrogens (tertiary/aromatic N) is 1. The Kier molecular flexibility index (Phi) is 5.94. The number of hydrogen-bond acceptors (Lipinski definition) is 5. The summed E-state index contributed by atoms with van der Waals surface area (Å²) in [5.41, 5.74) is 6.78. The van der Waals surface area contributed by atoms with Crippen LogP contribution in [0.25, 0.3) is 0 Å². The number of esters is 1. The van der Waals surface area contributed by atoms with Crippen molar-refractivity contribution in [2.45, 2.75) is 25.7 Å². The number of carbonyl (C=O) groups is 4. The minimum Gasteiger partial charge on any atom is -0.454 e. The van der Waals surface area contributed by atoms with Crippen LogP contribution in [0, 0.1) is 25.7 Å². The van der Waals surface area contributed by atoms with Crippen molar-refractivity contribution in [3.8, 4) is 0 Å². The molecule has 0 unspecified atom stereocenters. The Morgan fingerprint density at radius 3 is 1.74 bits per heavy atom. The minimum absolute atomic E-state index is 0.238. The van der Waals surface area contributed by atoms with Crippen LogP contribution in [0.15, 0.2) is 65.1 Å². The van der Waals surface area contributed by atoms with Gasteiger partial charge in [-0.25, -0.2) is 0 Å². The third-order valence-electron chi connectivity index (χ3n) is 7.91. The SMILES string of the molecule is Cc1cc(NC(=O)COC(=O)CN2C(=O)[C@H]3C4c5ccccc5C(c5ccccc54)[C@@H]3C2=O)cc(C)c1Br. The lowest BCUT2D eigenvalue weighted by Gasteiger charge is -2.45. The Labute approximate surface area is 228 Å². The van der Waals surface area contributed by atoms with Crippen LogP contribution in [0.4, 0.5) is 5.69 Å². The predicted octanol–water partition coefficient (Wildman–Crippen LogP) is 4.44. The van der Waals surface area contributed by atoms with Gasteiger partial charge in [-0.3, -0.25) is 24.1 Å². The summed E-state index contributed by atoms with van der Waals surface area (Å²) in [5, 5.41) is 2.71. The van der Waals surface area contributed by atoms with Crippen LogP contribution < -0.4 is 5.32 Å². The highest BCUT2D eigenvalue weighted by Crippen LogP contribution is 2.60. The summed E-state index contributed by atoms with van der Waals surface area (Å²) in [4.78, 5) is 53.2. The van der Waals surface area contributed by atoms with Gasteiger partial charge < -0.3 is 10.1 Å². The molecule has 0 radical (unpaired) electrons. The maximum Gasteiger partial charge on any atom is 0.326 e. The molecule has 1 saturated heterocycles. The van der Waals surface area contributed by atoms with Crippen molar-refractivity contribution in [3.05, 3.63) is 98.5 Å². The summed E-state index contributed by atoms with van der Waals surface area (Å²) in [6, 6.07) is 19.5. The Morgan fingerprint density at radius 1 is 0.842 bits per heavy atom. The van der Waals surface area contributed by atoms with Gasteiger partial charge in [0.25, 0.3) is 5.91 Å². The lowest BCUT2D eigenvalue weighted by atomic mass is 9.55. The molecule has 0 aromatic heterocycles. The molecule has 1 N–H and O–H groups in total. The van der Waals surface area contributed by atoms with E-state index in [2.05, 4.69) is 21.2 Å². The van der Waals surface area contributed by atoms with Crippen LogP contribution in [-0.4, -0.2) is 41.7 Å². The summed E-state index contributed by atoms with van der Waals surface area (Å²) >= 11 is 3.49. The van der Waals surface area contributed by atoms with E-state index in [0.717, 1.165) is 42.8 Å². The zero-order chi connectivity index (χ0) is 26.7. The normalized spacial score (nSPS) is 22.6. The highest BCUT2D eigenvalue weighted by atomic mass is 79.9. The number of imide groups is 1. The van der Waals surface area contributed by atoms with Crippen molar-refractivity contribution < 1.29 is 23.9 Å². The molecule has 2 bridgehead atoms. The molecule has 1 aliphatic heterocycles. The van der Waals surface area contributed by atoms with Crippen molar-refractivity contribution in [2.75, 3.05) is 18.5 Å². The van der Waals surface area contributed by atoms with Crippen molar-refractivity contribution in [1.82, 2.24) is 4.90 Å². The van der Waals surface area contributed by atoms with E-state index in [9.17, 15) is 19.2 Å². The van der Waals surface area contributed by atoms with E-state index in [-0.39, 0.29) is 23.7 Å². The van der Waals surface area contributed by atoms with Gasteiger partial charge in [0.2, 0.25) is 11.8 Å². The second-order valence-electron chi connectivity index (χ2n) is 10.2. The maximum atomic E-state index is 13.6. The number of halogens is 1. The van der Waals surface area contributed by atoms with E-state index in [4.69, 9.17) is 4.74 Å². The Balaban J connectivity index is 1.17. The zero-order valence-corrected chi connectivity index (χ0v) is 22.4. The predicted molar refractivity (Wildman–Crippen MR) is 143 cm³/mol. The van der Waals surface area contributed by atoms with Gasteiger partial charge in [-0.1, -0.05) is 64.5 Å². The molecule has 1 heterocycles. The number of rotatable bonds is 5. The first kappa shape index (κ1) is 24.6. The van der Waals surface area contributed by atoms with Crippen molar-refractivity contribution in [2.24, 2.45) is 11.8 Å². The fourth-order valence-electron chi connectivity index (χ4n) is 6.43. The van der Waals surface area contributed by atoms with Gasteiger partial charge in [0, 0.05) is 22.0 Å². The monoisotopic (exact) mass is 572 g/mol. The van der Waals surface area contributed by atoms with Crippen LogP contribution in [0.5, 0.6) is 0 Å². The molecular weight excluding hydrogens is 548 g/mol. The number of likely N-dealkylation sites (tertiary alicyclic amines) is 1. The van der Waals surface area contributed by atoms with Crippen LogP contribution in [-0.2, 0) is 23.9 Å². The summed E-state index contributed by atoms with van der Waals surface area (Å²) in [6.45, 7) is 2.80. The number of carbonyl (C=O) groups excluding carboxylic acids is 4. The molecule has 3 aromatic carbocycles. The molecule has 0 saturated carbocycles. The lowest BCUT2D eigenvalue weighted by Crippen LogP contribution is -2.41. The molecule has 38 heavy (non-hydrogen) atoms. The fraction of sp³-hybridized carbons (Fsp3) is 0.267. The van der Waals surface area contributed by atoms with Crippen molar-refractivity contribution in [1.29, 1.82) is 0 Å². The first-order valence-corrected chi connectivity index (χ1v) is 13.3. The fourth-order valence-corrected chi connectivity index (χ4v) is 6.66. The molecule has 3 aliphatic carbocycles. The second kappa shape index (κ2) is 9.20. The maximum absolute atomic E-state index is 13.6. The van der Waals surface area contributed by atoms with E-state index in [1.165, 1.54) is 0 Å². The molecular formula is C30H25BrN2O5. The number of hydrogen-bond donors (Lipinski definition) is 1. The van der Waals surface area contributed by atoms with E-state index >= 15 is 0 Å². The van der Waals surface area contributed by atoms with Crippen LogP contribution in [0.1, 0.15) is 45.2 Å². The number of ether oxygens (including phenoxy) is 1. The van der Waals surface area contributed by atoms with E-state index in [1.807, 2.05) is 74.5 Å². The Morgan fingerprint density at radius 2 is 1.29 bits per heavy atom. The molecule has 1 fully saturated rings. The average Bonchev–Trinajstić information content (AvgIpc) is 3.16. The van der Waals surface area contributed by atoms with Crippen LogP contribution >= 0.6 is 15.9 Å². The minimum atomic E-state index is -0.800. The number of nitrogens with one attached hydrogen (secondary N) is 1. The quantitative estimate of drug-likeness (QED) is 0.360. The molecule has 0 spiro atoms. The number of anilines is 1. The van der Waals surface area contributed by atoms with Crippen molar-refractivity contribution in [3.63, 3.8) is 0 Å². The molecule has 2 atom stereocenters. The standard InChI is InChI=1S/C30H25BrN2O5/c1-15-11-17(12-16(2)28(15)31)32-22(34)14-38-23(35)13-33-29(36)26-24-18-7-3-4-8-19(18)25(27(26)30(33)37)21-10-6-5-9-20(21)24/h3-12,24-27H,13-14H2,1-2H3,(H,32,34)/t24?,25?,26-,27-/m0/s1. The number of amides is 3. The smallest absolute Gasteiger partial charge is 0.326 e. The molecule has 3 aromatic rings. The summed E-state index contributed by atoms with van der Waals surface area (Å²) in [5.74, 6) is -3.61. The molecule has 8 heteroatoms.